The first-order valence-corrected chi connectivity index (χ1v) is 8.90. The van der Waals surface area contributed by atoms with E-state index in [4.69, 9.17) is 0 Å². The summed E-state index contributed by atoms with van der Waals surface area (Å²) in [6, 6.07) is 7.26. The van der Waals surface area contributed by atoms with Gasteiger partial charge in [-0.2, -0.15) is 0 Å². The molecule has 2 aromatic rings. The van der Waals surface area contributed by atoms with Gasteiger partial charge in [-0.3, -0.25) is 9.59 Å². The van der Waals surface area contributed by atoms with E-state index in [1.807, 2.05) is 29.3 Å². The van der Waals surface area contributed by atoms with Crippen molar-refractivity contribution in [2.75, 3.05) is 31.1 Å². The zero-order valence-electron chi connectivity index (χ0n) is 13.6. The zero-order chi connectivity index (χ0) is 17.1. The molecule has 6 nitrogen and oxygen atoms in total. The fourth-order valence-electron chi connectivity index (χ4n) is 2.97. The molecule has 1 amide bonds. The molecule has 0 unspecified atom stereocenters. The number of piperazine rings is 1. The van der Waals surface area contributed by atoms with Gasteiger partial charge in [-0.05, 0) is 19.1 Å². The lowest BCUT2D eigenvalue weighted by atomic mass is 10.2. The van der Waals surface area contributed by atoms with Crippen LogP contribution in [0.1, 0.15) is 12.1 Å². The third kappa shape index (κ3) is 3.46. The second-order valence-electron chi connectivity index (χ2n) is 5.90. The fourth-order valence-corrected chi connectivity index (χ4v) is 3.73. The number of amides is 1. The van der Waals surface area contributed by atoms with Crippen LogP contribution < -0.4 is 9.77 Å². The average Bonchev–Trinajstić information content (AvgIpc) is 2.91. The summed E-state index contributed by atoms with van der Waals surface area (Å²) in [5.41, 5.74) is 1.72. The number of carbonyl (C=O) groups is 1. The molecule has 24 heavy (non-hydrogen) atoms. The first kappa shape index (κ1) is 16.6. The molecule has 128 valence electrons. The zero-order valence-corrected chi connectivity index (χ0v) is 14.5. The molecule has 0 spiro atoms. The van der Waals surface area contributed by atoms with Gasteiger partial charge in [0, 0.05) is 50.2 Å². The molecule has 1 saturated heterocycles. The number of phenolic OH excluding ortho intramolecular Hbond substituents is 1. The number of carbonyl (C=O) groups excluding carboxylic acids is 1. The fraction of sp³-hybridized carbons (Fsp3) is 0.412. The maximum Gasteiger partial charge on any atom is 0.307 e. The highest BCUT2D eigenvalue weighted by Gasteiger charge is 2.22. The summed E-state index contributed by atoms with van der Waals surface area (Å²) < 4.78 is 1.65. The number of nitrogens with zero attached hydrogens (tertiary/aromatic N) is 3. The van der Waals surface area contributed by atoms with Gasteiger partial charge in [0.15, 0.2) is 0 Å². The van der Waals surface area contributed by atoms with Gasteiger partial charge in [-0.25, -0.2) is 0 Å². The van der Waals surface area contributed by atoms with Crippen molar-refractivity contribution < 1.29 is 9.90 Å². The van der Waals surface area contributed by atoms with Gasteiger partial charge in [-0.15, -0.1) is 0 Å². The molecule has 0 aliphatic carbocycles. The van der Waals surface area contributed by atoms with Crippen molar-refractivity contribution >= 4 is 22.9 Å². The minimum atomic E-state index is -0.00956. The standard InChI is InChI=1S/C17H21N3O3S/c1-13-12-24-17(23)20(13)7-6-16(22)19-10-8-18(9-11-19)14-4-2-3-5-15(14)21/h2-5,12,21H,6-11H2,1H3. The predicted molar refractivity (Wildman–Crippen MR) is 94.8 cm³/mol. The summed E-state index contributed by atoms with van der Waals surface area (Å²) >= 11 is 1.17. The van der Waals surface area contributed by atoms with E-state index in [0.29, 0.717) is 39.1 Å². The maximum atomic E-state index is 12.4. The van der Waals surface area contributed by atoms with Crippen molar-refractivity contribution in [3.8, 4) is 5.75 Å². The second-order valence-corrected chi connectivity index (χ2v) is 6.72. The lowest BCUT2D eigenvalue weighted by molar-refractivity contribution is -0.131. The first-order valence-electron chi connectivity index (χ1n) is 8.02. The molecular weight excluding hydrogens is 326 g/mol. The van der Waals surface area contributed by atoms with E-state index < -0.39 is 0 Å². The Morgan fingerprint density at radius 2 is 1.92 bits per heavy atom. The van der Waals surface area contributed by atoms with Gasteiger partial charge in [-0.1, -0.05) is 23.5 Å². The number of aryl methyl sites for hydroxylation is 1. The molecule has 1 fully saturated rings. The number of aromatic nitrogens is 1. The highest BCUT2D eigenvalue weighted by molar-refractivity contribution is 7.07. The predicted octanol–water partition coefficient (Wildman–Crippen LogP) is 1.66. The van der Waals surface area contributed by atoms with E-state index in [2.05, 4.69) is 4.90 Å². The summed E-state index contributed by atoms with van der Waals surface area (Å²) in [6.45, 7) is 4.97. The average molecular weight is 347 g/mol. The quantitative estimate of drug-likeness (QED) is 0.914. The summed E-state index contributed by atoms with van der Waals surface area (Å²) in [5.74, 6) is 0.342. The number of hydrogen-bond donors (Lipinski definition) is 1. The lowest BCUT2D eigenvalue weighted by Gasteiger charge is -2.36. The number of benzene rings is 1. The Morgan fingerprint density at radius 1 is 1.21 bits per heavy atom. The molecule has 1 aromatic carbocycles. The summed E-state index contributed by atoms with van der Waals surface area (Å²) in [7, 11) is 0. The van der Waals surface area contributed by atoms with Crippen molar-refractivity contribution in [2.24, 2.45) is 0 Å². The number of hydrogen-bond acceptors (Lipinski definition) is 5. The molecule has 7 heteroatoms. The Bertz CT molecular complexity index is 775. The van der Waals surface area contributed by atoms with Crippen molar-refractivity contribution in [1.29, 1.82) is 0 Å². The molecular formula is C17H21N3O3S. The van der Waals surface area contributed by atoms with E-state index in [1.54, 1.807) is 16.7 Å². The smallest absolute Gasteiger partial charge is 0.307 e. The van der Waals surface area contributed by atoms with E-state index >= 15 is 0 Å². The third-order valence-corrected chi connectivity index (χ3v) is 5.26. The Morgan fingerprint density at radius 3 is 2.54 bits per heavy atom. The van der Waals surface area contributed by atoms with Crippen molar-refractivity contribution in [3.05, 3.63) is 45.0 Å². The normalized spacial score (nSPS) is 14.9. The Kier molecular flexibility index (Phi) is 4.89. The SMILES string of the molecule is Cc1csc(=O)n1CCC(=O)N1CCN(c2ccccc2O)CC1. The van der Waals surface area contributed by atoms with E-state index in [-0.39, 0.29) is 16.5 Å². The van der Waals surface area contributed by atoms with Gasteiger partial charge < -0.3 is 19.5 Å². The van der Waals surface area contributed by atoms with Crippen molar-refractivity contribution in [2.45, 2.75) is 19.9 Å². The van der Waals surface area contributed by atoms with Crippen LogP contribution >= 0.6 is 11.3 Å². The Labute approximate surface area is 144 Å². The highest BCUT2D eigenvalue weighted by atomic mass is 32.1. The minimum Gasteiger partial charge on any atom is -0.506 e. The molecule has 0 radical (unpaired) electrons. The van der Waals surface area contributed by atoms with Gasteiger partial charge in [0.2, 0.25) is 5.91 Å². The number of thiazole rings is 1. The van der Waals surface area contributed by atoms with Crippen LogP contribution in [0.5, 0.6) is 5.75 Å². The molecule has 1 aliphatic rings. The van der Waals surface area contributed by atoms with Crippen LogP contribution in [0.3, 0.4) is 0 Å². The van der Waals surface area contributed by atoms with Gasteiger partial charge in [0.25, 0.3) is 0 Å². The largest absolute Gasteiger partial charge is 0.506 e. The van der Waals surface area contributed by atoms with Crippen LogP contribution in [0.15, 0.2) is 34.4 Å². The second kappa shape index (κ2) is 7.09. The Hall–Kier alpha value is -2.28. The summed E-state index contributed by atoms with van der Waals surface area (Å²) in [6.07, 6.45) is 0.341. The topological polar surface area (TPSA) is 65.8 Å². The highest BCUT2D eigenvalue weighted by Crippen LogP contribution is 2.27. The first-order chi connectivity index (χ1) is 11.6. The van der Waals surface area contributed by atoms with E-state index in [1.165, 1.54) is 11.3 Å². The van der Waals surface area contributed by atoms with Gasteiger partial charge in [0.1, 0.15) is 5.75 Å². The van der Waals surface area contributed by atoms with Crippen LogP contribution in [-0.4, -0.2) is 46.7 Å². The van der Waals surface area contributed by atoms with E-state index in [0.717, 1.165) is 11.4 Å². The maximum absolute atomic E-state index is 12.4. The van der Waals surface area contributed by atoms with Crippen molar-refractivity contribution in [1.82, 2.24) is 9.47 Å². The third-order valence-electron chi connectivity index (χ3n) is 4.38. The number of para-hydroxylation sites is 2. The lowest BCUT2D eigenvalue weighted by Crippen LogP contribution is -2.49. The molecule has 0 atom stereocenters. The molecule has 1 N–H and O–H groups in total. The number of phenols is 1. The summed E-state index contributed by atoms with van der Waals surface area (Å²) in [4.78, 5) is 28.0. The van der Waals surface area contributed by atoms with E-state index in [9.17, 15) is 14.7 Å². The molecule has 1 aliphatic heterocycles. The van der Waals surface area contributed by atoms with Gasteiger partial charge >= 0.3 is 4.87 Å². The minimum absolute atomic E-state index is 0.00956. The van der Waals surface area contributed by atoms with Gasteiger partial charge in [0.05, 0.1) is 5.69 Å². The van der Waals surface area contributed by atoms with Crippen molar-refractivity contribution in [3.63, 3.8) is 0 Å². The molecule has 2 heterocycles. The van der Waals surface area contributed by atoms with Crippen LogP contribution in [-0.2, 0) is 11.3 Å². The van der Waals surface area contributed by atoms with Crippen LogP contribution in [0.2, 0.25) is 0 Å². The molecule has 0 saturated carbocycles. The number of rotatable bonds is 4. The summed E-state index contributed by atoms with van der Waals surface area (Å²) in [5, 5.41) is 11.7. The Balaban J connectivity index is 1.54. The molecule has 1 aromatic heterocycles. The van der Waals surface area contributed by atoms with Crippen LogP contribution in [0, 0.1) is 6.92 Å². The number of anilines is 1. The molecule has 3 rings (SSSR count). The monoisotopic (exact) mass is 347 g/mol. The molecule has 0 bridgehead atoms. The van der Waals surface area contributed by atoms with Crippen LogP contribution in [0.4, 0.5) is 5.69 Å². The van der Waals surface area contributed by atoms with Crippen LogP contribution in [0.25, 0.3) is 0 Å². The number of aromatic hydroxyl groups is 1.